The van der Waals surface area contributed by atoms with Crippen LogP contribution in [0.4, 0.5) is 5.82 Å². The van der Waals surface area contributed by atoms with Gasteiger partial charge in [-0.3, -0.25) is 0 Å². The molecule has 0 bridgehead atoms. The zero-order chi connectivity index (χ0) is 9.52. The molecule has 1 heterocycles. The molecule has 13 heavy (non-hydrogen) atoms. The monoisotopic (exact) mass is 179 g/mol. The predicted molar refractivity (Wildman–Crippen MR) is 51.9 cm³/mol. The number of nitrogens with one attached hydrogen (secondary N) is 1. The van der Waals surface area contributed by atoms with Gasteiger partial charge in [-0.25, -0.2) is 9.97 Å². The molecule has 1 N–H and O–H groups in total. The van der Waals surface area contributed by atoms with Gasteiger partial charge >= 0.3 is 0 Å². The minimum absolute atomic E-state index is 0.566. The van der Waals surface area contributed by atoms with Crippen LogP contribution in [0.1, 0.15) is 6.42 Å². The van der Waals surface area contributed by atoms with E-state index in [2.05, 4.69) is 21.9 Å². The minimum atomic E-state index is 0.566. The number of aromatic nitrogens is 2. The molecule has 0 aliphatic carbocycles. The molecule has 0 atom stereocenters. The molecule has 0 radical (unpaired) electrons. The van der Waals surface area contributed by atoms with E-state index in [0.717, 1.165) is 18.8 Å². The molecule has 0 saturated carbocycles. The lowest BCUT2D eigenvalue weighted by atomic mass is 10.4. The Hall–Kier alpha value is -1.58. The molecule has 1 aromatic rings. The fraction of sp³-hybridized carbons (Fsp3) is 0.333. The van der Waals surface area contributed by atoms with Crippen LogP contribution in [0.15, 0.2) is 25.0 Å². The first-order valence-corrected chi connectivity index (χ1v) is 4.07. The summed E-state index contributed by atoms with van der Waals surface area (Å²) in [4.78, 5) is 7.92. The van der Waals surface area contributed by atoms with Crippen molar-refractivity contribution < 1.29 is 4.74 Å². The van der Waals surface area contributed by atoms with E-state index in [-0.39, 0.29) is 0 Å². The zero-order valence-corrected chi connectivity index (χ0v) is 7.66. The molecular weight excluding hydrogens is 166 g/mol. The zero-order valence-electron chi connectivity index (χ0n) is 7.66. The van der Waals surface area contributed by atoms with Gasteiger partial charge in [0.2, 0.25) is 5.88 Å². The molecule has 0 unspecified atom stereocenters. The highest BCUT2D eigenvalue weighted by Crippen LogP contribution is 2.09. The average molecular weight is 179 g/mol. The maximum Gasteiger partial charge on any atom is 0.218 e. The number of rotatable bonds is 5. The van der Waals surface area contributed by atoms with Crippen molar-refractivity contribution in [3.8, 4) is 5.88 Å². The van der Waals surface area contributed by atoms with Gasteiger partial charge in [0.05, 0.1) is 7.11 Å². The van der Waals surface area contributed by atoms with E-state index in [1.807, 2.05) is 6.08 Å². The first kappa shape index (κ1) is 9.51. The smallest absolute Gasteiger partial charge is 0.218 e. The van der Waals surface area contributed by atoms with Gasteiger partial charge < -0.3 is 10.1 Å². The number of hydrogen-bond acceptors (Lipinski definition) is 4. The van der Waals surface area contributed by atoms with Crippen molar-refractivity contribution in [1.82, 2.24) is 9.97 Å². The Kier molecular flexibility index (Phi) is 3.75. The van der Waals surface area contributed by atoms with Crippen molar-refractivity contribution in [3.63, 3.8) is 0 Å². The second kappa shape index (κ2) is 5.13. The summed E-state index contributed by atoms with van der Waals surface area (Å²) in [6.07, 6.45) is 4.23. The SMILES string of the molecule is C=CCCNc1cc(OC)ncn1. The van der Waals surface area contributed by atoms with Crippen LogP contribution in [-0.4, -0.2) is 23.6 Å². The average Bonchev–Trinajstić information content (AvgIpc) is 2.19. The highest BCUT2D eigenvalue weighted by Gasteiger charge is 1.95. The van der Waals surface area contributed by atoms with Crippen molar-refractivity contribution in [2.45, 2.75) is 6.42 Å². The Labute approximate surface area is 77.7 Å². The third-order valence-electron chi connectivity index (χ3n) is 1.51. The summed E-state index contributed by atoms with van der Waals surface area (Å²) in [5, 5.41) is 3.12. The third kappa shape index (κ3) is 3.11. The molecule has 1 aromatic heterocycles. The van der Waals surface area contributed by atoms with Crippen LogP contribution in [0, 0.1) is 0 Å². The number of methoxy groups -OCH3 is 1. The summed E-state index contributed by atoms with van der Waals surface area (Å²) in [6.45, 7) is 4.45. The van der Waals surface area contributed by atoms with E-state index < -0.39 is 0 Å². The van der Waals surface area contributed by atoms with Crippen LogP contribution in [0.3, 0.4) is 0 Å². The van der Waals surface area contributed by atoms with Gasteiger partial charge in [-0.05, 0) is 6.42 Å². The molecule has 0 saturated heterocycles. The molecule has 70 valence electrons. The van der Waals surface area contributed by atoms with Crippen molar-refractivity contribution in [3.05, 3.63) is 25.0 Å². The van der Waals surface area contributed by atoms with Gasteiger partial charge in [0.15, 0.2) is 0 Å². The molecule has 0 spiro atoms. The highest BCUT2D eigenvalue weighted by molar-refractivity contribution is 5.36. The Morgan fingerprint density at radius 3 is 3.15 bits per heavy atom. The lowest BCUT2D eigenvalue weighted by Crippen LogP contribution is -2.02. The lowest BCUT2D eigenvalue weighted by Gasteiger charge is -2.04. The van der Waals surface area contributed by atoms with E-state index in [1.165, 1.54) is 6.33 Å². The van der Waals surface area contributed by atoms with Crippen molar-refractivity contribution in [2.24, 2.45) is 0 Å². The van der Waals surface area contributed by atoms with Crippen LogP contribution in [0.25, 0.3) is 0 Å². The van der Waals surface area contributed by atoms with Crippen molar-refractivity contribution in [1.29, 1.82) is 0 Å². The van der Waals surface area contributed by atoms with Gasteiger partial charge in [-0.2, -0.15) is 0 Å². The minimum Gasteiger partial charge on any atom is -0.481 e. The number of anilines is 1. The molecule has 1 rings (SSSR count). The maximum absolute atomic E-state index is 4.95. The van der Waals surface area contributed by atoms with Gasteiger partial charge in [-0.1, -0.05) is 6.08 Å². The Bertz CT molecular complexity index is 275. The van der Waals surface area contributed by atoms with E-state index in [0.29, 0.717) is 5.88 Å². The van der Waals surface area contributed by atoms with Crippen LogP contribution < -0.4 is 10.1 Å². The summed E-state index contributed by atoms with van der Waals surface area (Å²) in [5.41, 5.74) is 0. The number of ether oxygens (including phenoxy) is 1. The largest absolute Gasteiger partial charge is 0.481 e. The molecule has 0 aliphatic heterocycles. The quantitative estimate of drug-likeness (QED) is 0.549. The maximum atomic E-state index is 4.95. The first-order chi connectivity index (χ1) is 6.36. The van der Waals surface area contributed by atoms with Crippen molar-refractivity contribution >= 4 is 5.82 Å². The molecule has 0 fully saturated rings. The second-order valence-electron chi connectivity index (χ2n) is 2.45. The van der Waals surface area contributed by atoms with Gasteiger partial charge in [-0.15, -0.1) is 6.58 Å². The van der Waals surface area contributed by atoms with Gasteiger partial charge in [0.25, 0.3) is 0 Å². The number of nitrogens with zero attached hydrogens (tertiary/aromatic N) is 2. The third-order valence-corrected chi connectivity index (χ3v) is 1.51. The fourth-order valence-electron chi connectivity index (χ4n) is 0.850. The summed E-state index contributed by atoms with van der Waals surface area (Å²) in [5.74, 6) is 1.34. The first-order valence-electron chi connectivity index (χ1n) is 4.07. The normalized spacial score (nSPS) is 9.31. The standard InChI is InChI=1S/C9H13N3O/c1-3-4-5-10-8-6-9(13-2)12-7-11-8/h3,6-7H,1,4-5H2,2H3,(H,10,11,12). The van der Waals surface area contributed by atoms with E-state index in [4.69, 9.17) is 4.74 Å². The Morgan fingerprint density at radius 2 is 2.46 bits per heavy atom. The fourth-order valence-corrected chi connectivity index (χ4v) is 0.850. The molecular formula is C9H13N3O. The highest BCUT2D eigenvalue weighted by atomic mass is 16.5. The Balaban J connectivity index is 2.50. The molecule has 0 aliphatic rings. The summed E-state index contributed by atoms with van der Waals surface area (Å²) < 4.78 is 4.95. The van der Waals surface area contributed by atoms with Crippen LogP contribution in [0.2, 0.25) is 0 Å². The van der Waals surface area contributed by atoms with E-state index >= 15 is 0 Å². The molecule has 4 nitrogen and oxygen atoms in total. The summed E-state index contributed by atoms with van der Waals surface area (Å²) >= 11 is 0. The van der Waals surface area contributed by atoms with Crippen LogP contribution >= 0.6 is 0 Å². The second-order valence-corrected chi connectivity index (χ2v) is 2.45. The van der Waals surface area contributed by atoms with Gasteiger partial charge in [0, 0.05) is 12.6 Å². The van der Waals surface area contributed by atoms with E-state index in [9.17, 15) is 0 Å². The molecule has 0 amide bonds. The summed E-state index contributed by atoms with van der Waals surface area (Å²) in [6, 6.07) is 1.75. The van der Waals surface area contributed by atoms with E-state index in [1.54, 1.807) is 13.2 Å². The van der Waals surface area contributed by atoms with Crippen LogP contribution in [0.5, 0.6) is 5.88 Å². The predicted octanol–water partition coefficient (Wildman–Crippen LogP) is 1.47. The van der Waals surface area contributed by atoms with Gasteiger partial charge in [0.1, 0.15) is 12.1 Å². The topological polar surface area (TPSA) is 47.0 Å². The summed E-state index contributed by atoms with van der Waals surface area (Å²) in [7, 11) is 1.58. The Morgan fingerprint density at radius 1 is 1.62 bits per heavy atom. The molecule has 4 heteroatoms. The lowest BCUT2D eigenvalue weighted by molar-refractivity contribution is 0.397. The van der Waals surface area contributed by atoms with Crippen LogP contribution in [-0.2, 0) is 0 Å². The van der Waals surface area contributed by atoms with Crippen molar-refractivity contribution in [2.75, 3.05) is 19.0 Å². The molecule has 0 aromatic carbocycles. The number of hydrogen-bond donors (Lipinski definition) is 1.